The third kappa shape index (κ3) is 5.10. The molecule has 9 nitrogen and oxygen atoms in total. The summed E-state index contributed by atoms with van der Waals surface area (Å²) in [6.45, 7) is 4.55. The summed E-state index contributed by atoms with van der Waals surface area (Å²) in [6, 6.07) is 0. The van der Waals surface area contributed by atoms with Crippen LogP contribution < -0.4 is 5.32 Å². The number of fused-ring (bicyclic) bond motifs is 1. The molecule has 2 heterocycles. The van der Waals surface area contributed by atoms with Crippen molar-refractivity contribution in [1.29, 1.82) is 0 Å². The van der Waals surface area contributed by atoms with E-state index in [1.165, 1.54) is 18.3 Å². The van der Waals surface area contributed by atoms with Crippen molar-refractivity contribution < 1.29 is 28.7 Å². The molecule has 3 rings (SSSR count). The zero-order chi connectivity index (χ0) is 21.7. The molecular weight excluding hydrogens is 410 g/mol. The Kier molecular flexibility index (Phi) is 7.30. The second kappa shape index (κ2) is 9.92. The number of thiophene rings is 1. The number of carbonyl (C=O) groups is 4. The van der Waals surface area contributed by atoms with Crippen LogP contribution in [0.5, 0.6) is 0 Å². The summed E-state index contributed by atoms with van der Waals surface area (Å²) < 4.78 is 10.3. The summed E-state index contributed by atoms with van der Waals surface area (Å²) in [5.41, 5.74) is 1.31. The summed E-state index contributed by atoms with van der Waals surface area (Å²) in [5.74, 6) is -1.15. The number of ether oxygens (including phenoxy) is 2. The molecule has 3 amide bonds. The van der Waals surface area contributed by atoms with Crippen molar-refractivity contribution >= 4 is 40.2 Å². The minimum absolute atomic E-state index is 0.252. The first kappa shape index (κ1) is 22.1. The number of hydrogen-bond acceptors (Lipinski definition) is 7. The SMILES string of the molecule is CCOC(=O)N1CCN(C(=O)COC(=O)c2c(NC(C)=O)sc3c2CCCC3)CC1. The number of esters is 1. The first-order valence-corrected chi connectivity index (χ1v) is 11.0. The van der Waals surface area contributed by atoms with Gasteiger partial charge in [-0.15, -0.1) is 11.3 Å². The van der Waals surface area contributed by atoms with Gasteiger partial charge in [0.05, 0.1) is 12.2 Å². The predicted octanol–water partition coefficient (Wildman–Crippen LogP) is 2.04. The Morgan fingerprint density at radius 3 is 2.33 bits per heavy atom. The highest BCUT2D eigenvalue weighted by atomic mass is 32.1. The topological polar surface area (TPSA) is 105 Å². The maximum absolute atomic E-state index is 12.8. The Bertz CT molecular complexity index is 829. The number of nitrogens with one attached hydrogen (secondary N) is 1. The lowest BCUT2D eigenvalue weighted by molar-refractivity contribution is -0.136. The fraction of sp³-hybridized carbons (Fsp3) is 0.600. The third-order valence-electron chi connectivity index (χ3n) is 5.15. The van der Waals surface area contributed by atoms with Crippen LogP contribution in [0.4, 0.5) is 9.80 Å². The zero-order valence-corrected chi connectivity index (χ0v) is 18.1. The molecule has 30 heavy (non-hydrogen) atoms. The molecule has 1 fully saturated rings. The second-order valence-corrected chi connectivity index (χ2v) is 8.34. The third-order valence-corrected chi connectivity index (χ3v) is 6.36. The molecule has 0 unspecified atom stereocenters. The Balaban J connectivity index is 1.58. The van der Waals surface area contributed by atoms with E-state index in [4.69, 9.17) is 9.47 Å². The average molecular weight is 438 g/mol. The van der Waals surface area contributed by atoms with Gasteiger partial charge in [0.25, 0.3) is 5.91 Å². The number of rotatable bonds is 5. The lowest BCUT2D eigenvalue weighted by Gasteiger charge is -2.33. The molecule has 164 valence electrons. The van der Waals surface area contributed by atoms with Gasteiger partial charge >= 0.3 is 12.1 Å². The van der Waals surface area contributed by atoms with Crippen molar-refractivity contribution in [2.45, 2.75) is 39.5 Å². The quantitative estimate of drug-likeness (QED) is 0.707. The standard InChI is InChI=1S/C20H27N3O6S/c1-3-28-20(27)23-10-8-22(9-11-23)16(25)12-29-19(26)17-14-6-4-5-7-15(14)30-18(17)21-13(2)24/h3-12H2,1-2H3,(H,21,24). The van der Waals surface area contributed by atoms with Crippen LogP contribution in [0.2, 0.25) is 0 Å². The van der Waals surface area contributed by atoms with Crippen LogP contribution in [-0.2, 0) is 31.9 Å². The summed E-state index contributed by atoms with van der Waals surface area (Å²) in [5, 5.41) is 3.22. The van der Waals surface area contributed by atoms with E-state index in [9.17, 15) is 19.2 Å². The van der Waals surface area contributed by atoms with Crippen LogP contribution in [-0.4, -0.2) is 73.1 Å². The van der Waals surface area contributed by atoms with Gasteiger partial charge in [-0.25, -0.2) is 9.59 Å². The van der Waals surface area contributed by atoms with E-state index in [1.54, 1.807) is 16.7 Å². The number of hydrogen-bond donors (Lipinski definition) is 1. The minimum atomic E-state index is -0.586. The molecule has 0 spiro atoms. The van der Waals surface area contributed by atoms with Crippen molar-refractivity contribution in [3.05, 3.63) is 16.0 Å². The highest BCUT2D eigenvalue weighted by Crippen LogP contribution is 2.38. The Morgan fingerprint density at radius 1 is 1.00 bits per heavy atom. The fourth-order valence-electron chi connectivity index (χ4n) is 3.67. The largest absolute Gasteiger partial charge is 0.452 e. The highest BCUT2D eigenvalue weighted by molar-refractivity contribution is 7.17. The molecule has 1 aromatic heterocycles. The number of carbonyl (C=O) groups excluding carboxylic acids is 4. The van der Waals surface area contributed by atoms with Gasteiger partial charge in [-0.1, -0.05) is 0 Å². The molecule has 1 N–H and O–H groups in total. The molecule has 0 radical (unpaired) electrons. The van der Waals surface area contributed by atoms with Gasteiger partial charge in [0.2, 0.25) is 5.91 Å². The van der Waals surface area contributed by atoms with Crippen molar-refractivity contribution in [2.24, 2.45) is 0 Å². The van der Waals surface area contributed by atoms with Crippen LogP contribution in [0.3, 0.4) is 0 Å². The first-order chi connectivity index (χ1) is 14.4. The molecule has 1 aliphatic carbocycles. The molecule has 1 saturated heterocycles. The molecule has 2 aliphatic rings. The molecule has 0 saturated carbocycles. The van der Waals surface area contributed by atoms with Gasteiger partial charge in [0.1, 0.15) is 5.00 Å². The minimum Gasteiger partial charge on any atom is -0.452 e. The van der Waals surface area contributed by atoms with Crippen molar-refractivity contribution in [2.75, 3.05) is 44.7 Å². The maximum atomic E-state index is 12.8. The fourth-order valence-corrected chi connectivity index (χ4v) is 5.00. The lowest BCUT2D eigenvalue weighted by atomic mass is 9.95. The Morgan fingerprint density at radius 2 is 1.67 bits per heavy atom. The molecule has 10 heteroatoms. The van der Waals surface area contributed by atoms with Gasteiger partial charge in [-0.3, -0.25) is 9.59 Å². The van der Waals surface area contributed by atoms with Gasteiger partial charge in [-0.2, -0.15) is 0 Å². The molecule has 0 bridgehead atoms. The summed E-state index contributed by atoms with van der Waals surface area (Å²) in [4.78, 5) is 52.7. The van der Waals surface area contributed by atoms with Crippen LogP contribution in [0.15, 0.2) is 0 Å². The van der Waals surface area contributed by atoms with Gasteiger partial charge in [0, 0.05) is 38.0 Å². The molecule has 1 aromatic rings. The molecular formula is C20H27N3O6S. The lowest BCUT2D eigenvalue weighted by Crippen LogP contribution is -2.51. The molecule has 0 atom stereocenters. The molecule has 0 aromatic carbocycles. The van der Waals surface area contributed by atoms with E-state index in [0.29, 0.717) is 43.4 Å². The van der Waals surface area contributed by atoms with E-state index in [0.717, 1.165) is 36.1 Å². The number of amides is 3. The normalized spacial score (nSPS) is 15.9. The number of piperazine rings is 1. The summed E-state index contributed by atoms with van der Waals surface area (Å²) >= 11 is 1.41. The van der Waals surface area contributed by atoms with Crippen molar-refractivity contribution in [1.82, 2.24) is 9.80 Å². The number of aryl methyl sites for hydroxylation is 1. The first-order valence-electron chi connectivity index (χ1n) is 10.2. The monoisotopic (exact) mass is 437 g/mol. The smallest absolute Gasteiger partial charge is 0.409 e. The second-order valence-electron chi connectivity index (χ2n) is 7.24. The van der Waals surface area contributed by atoms with Gasteiger partial charge in [-0.05, 0) is 38.2 Å². The van der Waals surface area contributed by atoms with E-state index in [2.05, 4.69) is 5.32 Å². The Hall–Kier alpha value is -2.62. The van der Waals surface area contributed by atoms with Crippen LogP contribution >= 0.6 is 11.3 Å². The van der Waals surface area contributed by atoms with Crippen molar-refractivity contribution in [3.63, 3.8) is 0 Å². The van der Waals surface area contributed by atoms with Crippen molar-refractivity contribution in [3.8, 4) is 0 Å². The van der Waals surface area contributed by atoms with Gasteiger partial charge in [0.15, 0.2) is 6.61 Å². The van der Waals surface area contributed by atoms with E-state index >= 15 is 0 Å². The van der Waals surface area contributed by atoms with Crippen LogP contribution in [0.1, 0.15) is 47.5 Å². The van der Waals surface area contributed by atoms with Gasteiger partial charge < -0.3 is 24.6 Å². The summed E-state index contributed by atoms with van der Waals surface area (Å²) in [7, 11) is 0. The zero-order valence-electron chi connectivity index (χ0n) is 17.3. The summed E-state index contributed by atoms with van der Waals surface area (Å²) in [6.07, 6.45) is 3.29. The maximum Gasteiger partial charge on any atom is 0.409 e. The highest BCUT2D eigenvalue weighted by Gasteiger charge is 2.29. The van der Waals surface area contributed by atoms with E-state index in [1.807, 2.05) is 0 Å². The number of anilines is 1. The average Bonchev–Trinajstić information content (AvgIpc) is 3.09. The molecule has 1 aliphatic heterocycles. The van der Waals surface area contributed by atoms with E-state index < -0.39 is 5.97 Å². The number of nitrogens with zero attached hydrogens (tertiary/aromatic N) is 2. The predicted molar refractivity (Wildman–Crippen MR) is 111 cm³/mol. The Labute approximate surface area is 179 Å². The van der Waals surface area contributed by atoms with E-state index in [-0.39, 0.29) is 24.5 Å². The van der Waals surface area contributed by atoms with Crippen LogP contribution in [0, 0.1) is 0 Å². The van der Waals surface area contributed by atoms with Crippen LogP contribution in [0.25, 0.3) is 0 Å².